The third kappa shape index (κ3) is 2.60. The molecule has 90 valence electrons. The number of aromatic amines is 1. The summed E-state index contributed by atoms with van der Waals surface area (Å²) in [5, 5.41) is 1.00. The standard InChI is InChI=1S/C14H16BrNO/c1-9(2)6-7-13(17)10-8-16-12-5-3-4-11(15)14(10)12/h3-5,8-9,16H,6-7H2,1-2H3. The summed E-state index contributed by atoms with van der Waals surface area (Å²) in [5.41, 5.74) is 1.81. The van der Waals surface area contributed by atoms with E-state index in [4.69, 9.17) is 0 Å². The van der Waals surface area contributed by atoms with E-state index in [9.17, 15) is 4.79 Å². The van der Waals surface area contributed by atoms with Crippen LogP contribution in [-0.2, 0) is 0 Å². The molecule has 2 rings (SSSR count). The van der Waals surface area contributed by atoms with Gasteiger partial charge in [0.1, 0.15) is 0 Å². The van der Waals surface area contributed by atoms with Crippen molar-refractivity contribution in [2.75, 3.05) is 0 Å². The maximum Gasteiger partial charge on any atom is 0.165 e. The van der Waals surface area contributed by atoms with Crippen molar-refractivity contribution in [3.05, 3.63) is 34.4 Å². The number of aromatic nitrogens is 1. The zero-order valence-corrected chi connectivity index (χ0v) is 11.7. The highest BCUT2D eigenvalue weighted by Crippen LogP contribution is 2.28. The lowest BCUT2D eigenvalue weighted by molar-refractivity contribution is 0.0977. The third-order valence-electron chi connectivity index (χ3n) is 2.90. The summed E-state index contributed by atoms with van der Waals surface area (Å²) in [6.45, 7) is 4.27. The van der Waals surface area contributed by atoms with Crippen molar-refractivity contribution < 1.29 is 4.79 Å². The van der Waals surface area contributed by atoms with Gasteiger partial charge >= 0.3 is 0 Å². The molecule has 2 aromatic rings. The van der Waals surface area contributed by atoms with Gasteiger partial charge in [-0.05, 0) is 24.5 Å². The molecular weight excluding hydrogens is 278 g/mol. The van der Waals surface area contributed by atoms with Gasteiger partial charge in [0.05, 0.1) is 0 Å². The molecule has 0 amide bonds. The number of ketones is 1. The minimum Gasteiger partial charge on any atom is -0.360 e. The molecule has 17 heavy (non-hydrogen) atoms. The van der Waals surface area contributed by atoms with Gasteiger partial charge in [-0.1, -0.05) is 35.8 Å². The summed E-state index contributed by atoms with van der Waals surface area (Å²) in [5.74, 6) is 0.782. The Morgan fingerprint density at radius 1 is 1.41 bits per heavy atom. The normalized spacial score (nSPS) is 11.3. The molecule has 0 saturated heterocycles. The first-order valence-electron chi connectivity index (χ1n) is 5.88. The number of carbonyl (C=O) groups is 1. The van der Waals surface area contributed by atoms with Crippen molar-refractivity contribution in [1.29, 1.82) is 0 Å². The van der Waals surface area contributed by atoms with Gasteiger partial charge in [0.2, 0.25) is 0 Å². The number of carbonyl (C=O) groups excluding carboxylic acids is 1. The lowest BCUT2D eigenvalue weighted by atomic mass is 10.0. The Morgan fingerprint density at radius 3 is 2.88 bits per heavy atom. The minimum atomic E-state index is 0.219. The van der Waals surface area contributed by atoms with Crippen molar-refractivity contribution in [2.45, 2.75) is 26.7 Å². The molecule has 0 bridgehead atoms. The van der Waals surface area contributed by atoms with E-state index in [1.165, 1.54) is 0 Å². The molecule has 0 fully saturated rings. The van der Waals surface area contributed by atoms with E-state index in [-0.39, 0.29) is 5.78 Å². The topological polar surface area (TPSA) is 32.9 Å². The highest BCUT2D eigenvalue weighted by atomic mass is 79.9. The first-order chi connectivity index (χ1) is 8.09. The summed E-state index contributed by atoms with van der Waals surface area (Å²) in [6.07, 6.45) is 3.38. The van der Waals surface area contributed by atoms with E-state index in [0.717, 1.165) is 27.4 Å². The number of rotatable bonds is 4. The SMILES string of the molecule is CC(C)CCC(=O)c1c[nH]c2cccc(Br)c12. The summed E-state index contributed by atoms with van der Waals surface area (Å²) < 4.78 is 0.976. The maximum atomic E-state index is 12.1. The largest absolute Gasteiger partial charge is 0.360 e. The molecular formula is C14H16BrNO. The Morgan fingerprint density at radius 2 is 2.18 bits per heavy atom. The molecule has 0 aliphatic heterocycles. The van der Waals surface area contributed by atoms with Gasteiger partial charge in [0, 0.05) is 33.6 Å². The molecule has 1 N–H and O–H groups in total. The van der Waals surface area contributed by atoms with Crippen LogP contribution in [0.25, 0.3) is 10.9 Å². The van der Waals surface area contributed by atoms with E-state index in [1.807, 2.05) is 24.4 Å². The summed E-state index contributed by atoms with van der Waals surface area (Å²) in [7, 11) is 0. The second-order valence-electron chi connectivity index (χ2n) is 4.72. The van der Waals surface area contributed by atoms with Crippen LogP contribution in [0.4, 0.5) is 0 Å². The van der Waals surface area contributed by atoms with Crippen LogP contribution >= 0.6 is 15.9 Å². The van der Waals surface area contributed by atoms with Crippen LogP contribution in [0.2, 0.25) is 0 Å². The monoisotopic (exact) mass is 293 g/mol. The van der Waals surface area contributed by atoms with Gasteiger partial charge in [-0.2, -0.15) is 0 Å². The average molecular weight is 294 g/mol. The first kappa shape index (κ1) is 12.4. The van der Waals surface area contributed by atoms with Crippen molar-refractivity contribution in [2.24, 2.45) is 5.92 Å². The van der Waals surface area contributed by atoms with Gasteiger partial charge in [-0.25, -0.2) is 0 Å². The summed E-state index contributed by atoms with van der Waals surface area (Å²) in [4.78, 5) is 15.3. The maximum absolute atomic E-state index is 12.1. The highest BCUT2D eigenvalue weighted by molar-refractivity contribution is 9.10. The lowest BCUT2D eigenvalue weighted by Gasteiger charge is -2.03. The Labute approximate surface area is 110 Å². The summed E-state index contributed by atoms with van der Waals surface area (Å²) in [6, 6.07) is 5.92. The Kier molecular flexibility index (Phi) is 3.67. The molecule has 0 unspecified atom stereocenters. The smallest absolute Gasteiger partial charge is 0.165 e. The summed E-state index contributed by atoms with van der Waals surface area (Å²) >= 11 is 3.50. The second-order valence-corrected chi connectivity index (χ2v) is 5.57. The van der Waals surface area contributed by atoms with E-state index < -0.39 is 0 Å². The lowest BCUT2D eigenvalue weighted by Crippen LogP contribution is -2.00. The molecule has 1 aromatic carbocycles. The zero-order chi connectivity index (χ0) is 12.4. The van der Waals surface area contributed by atoms with E-state index in [2.05, 4.69) is 34.8 Å². The molecule has 0 spiro atoms. The second kappa shape index (κ2) is 5.05. The number of halogens is 1. The number of benzene rings is 1. The van der Waals surface area contributed by atoms with Crippen LogP contribution in [0.1, 0.15) is 37.0 Å². The quantitative estimate of drug-likeness (QED) is 0.824. The van der Waals surface area contributed by atoms with E-state index in [0.29, 0.717) is 12.3 Å². The molecule has 0 atom stereocenters. The Bertz CT molecular complexity index is 542. The van der Waals surface area contributed by atoms with Crippen molar-refractivity contribution in [1.82, 2.24) is 4.98 Å². The Balaban J connectivity index is 2.32. The number of hydrogen-bond donors (Lipinski definition) is 1. The van der Waals surface area contributed by atoms with Gasteiger partial charge < -0.3 is 4.98 Å². The number of nitrogens with one attached hydrogen (secondary N) is 1. The van der Waals surface area contributed by atoms with Crippen LogP contribution in [0.3, 0.4) is 0 Å². The molecule has 0 saturated carbocycles. The van der Waals surface area contributed by atoms with Gasteiger partial charge in [-0.3, -0.25) is 4.79 Å². The van der Waals surface area contributed by atoms with E-state index in [1.54, 1.807) is 0 Å². The fourth-order valence-electron chi connectivity index (χ4n) is 1.91. The minimum absolute atomic E-state index is 0.219. The number of fused-ring (bicyclic) bond motifs is 1. The number of H-pyrrole nitrogens is 1. The fourth-order valence-corrected chi connectivity index (χ4v) is 2.49. The van der Waals surface area contributed by atoms with Crippen LogP contribution in [0, 0.1) is 5.92 Å². The zero-order valence-electron chi connectivity index (χ0n) is 10.1. The average Bonchev–Trinajstić information content (AvgIpc) is 2.71. The predicted molar refractivity (Wildman–Crippen MR) is 74.4 cm³/mol. The van der Waals surface area contributed by atoms with Gasteiger partial charge in [-0.15, -0.1) is 0 Å². The Hall–Kier alpha value is -1.09. The van der Waals surface area contributed by atoms with Crippen LogP contribution in [0.15, 0.2) is 28.9 Å². The highest BCUT2D eigenvalue weighted by Gasteiger charge is 2.14. The van der Waals surface area contributed by atoms with Gasteiger partial charge in [0.15, 0.2) is 5.78 Å². The van der Waals surface area contributed by atoms with Crippen LogP contribution in [0.5, 0.6) is 0 Å². The number of Topliss-reactive ketones (excluding diaryl/α,β-unsaturated/α-hetero) is 1. The molecule has 3 heteroatoms. The van der Waals surface area contributed by atoms with E-state index >= 15 is 0 Å². The molecule has 1 aromatic heterocycles. The molecule has 1 heterocycles. The third-order valence-corrected chi connectivity index (χ3v) is 3.56. The van der Waals surface area contributed by atoms with Crippen LogP contribution < -0.4 is 0 Å². The molecule has 0 aliphatic carbocycles. The first-order valence-corrected chi connectivity index (χ1v) is 6.67. The van der Waals surface area contributed by atoms with Crippen molar-refractivity contribution in [3.63, 3.8) is 0 Å². The number of hydrogen-bond acceptors (Lipinski definition) is 1. The predicted octanol–water partition coefficient (Wildman–Crippen LogP) is 4.55. The molecule has 2 nitrogen and oxygen atoms in total. The van der Waals surface area contributed by atoms with Crippen molar-refractivity contribution in [3.8, 4) is 0 Å². The molecule has 0 aliphatic rings. The van der Waals surface area contributed by atoms with Crippen LogP contribution in [-0.4, -0.2) is 10.8 Å². The van der Waals surface area contributed by atoms with Gasteiger partial charge in [0.25, 0.3) is 0 Å². The molecule has 0 radical (unpaired) electrons. The van der Waals surface area contributed by atoms with Crippen molar-refractivity contribution >= 4 is 32.6 Å². The fraction of sp³-hybridized carbons (Fsp3) is 0.357.